The van der Waals surface area contributed by atoms with Gasteiger partial charge in [0.05, 0.1) is 10.7 Å². The summed E-state index contributed by atoms with van der Waals surface area (Å²) >= 11 is 12.0. The van der Waals surface area contributed by atoms with E-state index in [1.807, 2.05) is 36.4 Å². The highest BCUT2D eigenvalue weighted by Gasteiger charge is 2.35. The summed E-state index contributed by atoms with van der Waals surface area (Å²) in [5, 5.41) is 3.40. The first-order valence-electron chi connectivity index (χ1n) is 9.26. The second-order valence-corrected chi connectivity index (χ2v) is 7.65. The minimum absolute atomic E-state index is 0.293. The second kappa shape index (κ2) is 8.38. The Morgan fingerprint density at radius 3 is 2.17 bits per heavy atom. The number of hydrogen-bond donors (Lipinski definition) is 1. The third-order valence-electron chi connectivity index (χ3n) is 4.77. The Labute approximate surface area is 183 Å². The quantitative estimate of drug-likeness (QED) is 0.519. The average molecular weight is 442 g/mol. The van der Waals surface area contributed by atoms with Crippen LogP contribution in [0.5, 0.6) is 11.5 Å². The van der Waals surface area contributed by atoms with Crippen molar-refractivity contribution in [1.82, 2.24) is 0 Å². The lowest BCUT2D eigenvalue weighted by Crippen LogP contribution is -2.32. The highest BCUT2D eigenvalue weighted by atomic mass is 35.5. The van der Waals surface area contributed by atoms with Gasteiger partial charge < -0.3 is 14.8 Å². The number of amides is 1. The number of benzene rings is 3. The molecule has 0 spiro atoms. The summed E-state index contributed by atoms with van der Waals surface area (Å²) in [7, 11) is 0. The second-order valence-electron chi connectivity index (χ2n) is 6.80. The summed E-state index contributed by atoms with van der Waals surface area (Å²) in [6.45, 7) is 1.51. The molecule has 1 amide bonds. The first-order chi connectivity index (χ1) is 14.4. The SMILES string of the molecule is CC(OC(=O)C1c2ccccc2Oc2ccccc21)C(=O)Nc1ccc(Cl)cc1Cl. The van der Waals surface area contributed by atoms with Crippen LogP contribution in [0, 0.1) is 0 Å². The van der Waals surface area contributed by atoms with Crippen molar-refractivity contribution in [3.05, 3.63) is 87.9 Å². The molecule has 0 fully saturated rings. The van der Waals surface area contributed by atoms with Crippen molar-refractivity contribution in [2.75, 3.05) is 5.32 Å². The number of halogens is 2. The summed E-state index contributed by atoms with van der Waals surface area (Å²) in [6.07, 6.45) is -1.04. The van der Waals surface area contributed by atoms with Gasteiger partial charge in [-0.1, -0.05) is 59.6 Å². The summed E-state index contributed by atoms with van der Waals surface area (Å²) < 4.78 is 11.4. The zero-order valence-corrected chi connectivity index (χ0v) is 17.4. The molecule has 1 atom stereocenters. The Morgan fingerprint density at radius 2 is 1.57 bits per heavy atom. The molecule has 4 rings (SSSR count). The predicted octanol–water partition coefficient (Wildman–Crippen LogP) is 5.80. The summed E-state index contributed by atoms with van der Waals surface area (Å²) in [5.41, 5.74) is 1.76. The minimum atomic E-state index is -1.04. The number of rotatable bonds is 4. The number of hydrogen-bond acceptors (Lipinski definition) is 4. The maximum Gasteiger partial charge on any atom is 0.318 e. The first kappa shape index (κ1) is 20.3. The van der Waals surface area contributed by atoms with Crippen LogP contribution in [-0.4, -0.2) is 18.0 Å². The number of esters is 1. The van der Waals surface area contributed by atoms with Gasteiger partial charge in [-0.05, 0) is 37.3 Å². The predicted molar refractivity (Wildman–Crippen MR) is 115 cm³/mol. The summed E-state index contributed by atoms with van der Waals surface area (Å²) in [5.74, 6) is -0.559. The van der Waals surface area contributed by atoms with Crippen molar-refractivity contribution in [3.63, 3.8) is 0 Å². The maximum atomic E-state index is 13.1. The zero-order chi connectivity index (χ0) is 21.3. The minimum Gasteiger partial charge on any atom is -0.457 e. The number of para-hydroxylation sites is 2. The third-order valence-corrected chi connectivity index (χ3v) is 5.31. The van der Waals surface area contributed by atoms with Gasteiger partial charge in [-0.15, -0.1) is 0 Å². The van der Waals surface area contributed by atoms with Crippen LogP contribution in [0.25, 0.3) is 0 Å². The topological polar surface area (TPSA) is 64.6 Å². The molecule has 152 valence electrons. The van der Waals surface area contributed by atoms with Gasteiger partial charge in [0.25, 0.3) is 5.91 Å². The Kier molecular flexibility index (Phi) is 5.66. The van der Waals surface area contributed by atoms with E-state index in [4.69, 9.17) is 32.7 Å². The van der Waals surface area contributed by atoms with Gasteiger partial charge in [-0.2, -0.15) is 0 Å². The Morgan fingerprint density at radius 1 is 0.967 bits per heavy atom. The van der Waals surface area contributed by atoms with E-state index >= 15 is 0 Å². The standard InChI is InChI=1S/C23H17Cl2NO4/c1-13(22(27)26-18-11-10-14(24)12-17(18)25)29-23(28)21-15-6-2-4-8-19(15)30-20-9-5-3-7-16(20)21/h2-13,21H,1H3,(H,26,27). The van der Waals surface area contributed by atoms with Gasteiger partial charge in [-0.3, -0.25) is 9.59 Å². The molecule has 1 heterocycles. The number of fused-ring (bicyclic) bond motifs is 2. The molecular weight excluding hydrogens is 425 g/mol. The number of nitrogens with one attached hydrogen (secondary N) is 1. The molecule has 0 radical (unpaired) electrons. The number of carbonyl (C=O) groups excluding carboxylic acids is 2. The van der Waals surface area contributed by atoms with Gasteiger partial charge in [0.15, 0.2) is 6.10 Å². The molecule has 0 aliphatic carbocycles. The van der Waals surface area contributed by atoms with Gasteiger partial charge >= 0.3 is 5.97 Å². The van der Waals surface area contributed by atoms with Crippen molar-refractivity contribution in [1.29, 1.82) is 0 Å². The van der Waals surface area contributed by atoms with Crippen LogP contribution < -0.4 is 10.1 Å². The van der Waals surface area contributed by atoms with Crippen LogP contribution in [0.2, 0.25) is 10.0 Å². The molecule has 1 N–H and O–H groups in total. The van der Waals surface area contributed by atoms with Crippen molar-refractivity contribution >= 4 is 40.8 Å². The average Bonchev–Trinajstić information content (AvgIpc) is 2.73. The van der Waals surface area contributed by atoms with Crippen LogP contribution in [0.4, 0.5) is 5.69 Å². The van der Waals surface area contributed by atoms with E-state index in [1.165, 1.54) is 13.0 Å². The smallest absolute Gasteiger partial charge is 0.318 e. The van der Waals surface area contributed by atoms with Gasteiger partial charge in [0.1, 0.15) is 17.4 Å². The third kappa shape index (κ3) is 3.99. The van der Waals surface area contributed by atoms with E-state index in [0.29, 0.717) is 38.4 Å². The van der Waals surface area contributed by atoms with E-state index in [2.05, 4.69) is 5.32 Å². The lowest BCUT2D eigenvalue weighted by Gasteiger charge is -2.27. The number of carbonyl (C=O) groups is 2. The van der Waals surface area contributed by atoms with Crippen LogP contribution in [0.15, 0.2) is 66.7 Å². The highest BCUT2D eigenvalue weighted by molar-refractivity contribution is 6.36. The van der Waals surface area contributed by atoms with Crippen molar-refractivity contribution < 1.29 is 19.1 Å². The van der Waals surface area contributed by atoms with E-state index in [0.717, 1.165) is 0 Å². The number of ether oxygens (including phenoxy) is 2. The van der Waals surface area contributed by atoms with Crippen molar-refractivity contribution in [2.45, 2.75) is 18.9 Å². The van der Waals surface area contributed by atoms with E-state index in [-0.39, 0.29) is 0 Å². The fraction of sp³-hybridized carbons (Fsp3) is 0.130. The monoisotopic (exact) mass is 441 g/mol. The Balaban J connectivity index is 1.54. The summed E-state index contributed by atoms with van der Waals surface area (Å²) in [6, 6.07) is 19.3. The molecule has 0 bridgehead atoms. The summed E-state index contributed by atoms with van der Waals surface area (Å²) in [4.78, 5) is 25.7. The van der Waals surface area contributed by atoms with Crippen LogP contribution in [0.1, 0.15) is 24.0 Å². The first-order valence-corrected chi connectivity index (χ1v) is 10.0. The number of anilines is 1. The van der Waals surface area contributed by atoms with Crippen molar-refractivity contribution in [2.24, 2.45) is 0 Å². The van der Waals surface area contributed by atoms with Crippen LogP contribution in [0.3, 0.4) is 0 Å². The molecule has 0 saturated heterocycles. The van der Waals surface area contributed by atoms with Gasteiger partial charge in [0.2, 0.25) is 0 Å². The normalized spacial score (nSPS) is 13.4. The molecule has 0 saturated carbocycles. The molecule has 1 aliphatic rings. The molecule has 1 aliphatic heterocycles. The highest BCUT2D eigenvalue weighted by Crippen LogP contribution is 2.44. The molecule has 3 aromatic carbocycles. The molecule has 5 nitrogen and oxygen atoms in total. The van der Waals surface area contributed by atoms with Crippen molar-refractivity contribution in [3.8, 4) is 11.5 Å². The molecule has 7 heteroatoms. The molecule has 1 unspecified atom stereocenters. The lowest BCUT2D eigenvalue weighted by molar-refractivity contribution is -0.153. The van der Waals surface area contributed by atoms with E-state index in [9.17, 15) is 9.59 Å². The Bertz CT molecular complexity index is 1090. The zero-order valence-electron chi connectivity index (χ0n) is 15.9. The fourth-order valence-corrected chi connectivity index (χ4v) is 3.74. The maximum absolute atomic E-state index is 13.1. The van der Waals surface area contributed by atoms with Crippen LogP contribution >= 0.6 is 23.2 Å². The van der Waals surface area contributed by atoms with Gasteiger partial charge in [0, 0.05) is 16.1 Å². The van der Waals surface area contributed by atoms with Gasteiger partial charge in [-0.25, -0.2) is 0 Å². The van der Waals surface area contributed by atoms with E-state index in [1.54, 1.807) is 24.3 Å². The molecular formula is C23H17Cl2NO4. The fourth-order valence-electron chi connectivity index (χ4n) is 3.28. The largest absolute Gasteiger partial charge is 0.457 e. The molecule has 30 heavy (non-hydrogen) atoms. The van der Waals surface area contributed by atoms with Crippen LogP contribution in [-0.2, 0) is 14.3 Å². The Hall–Kier alpha value is -3.02. The molecule has 3 aromatic rings. The lowest BCUT2D eigenvalue weighted by atomic mass is 9.88. The van der Waals surface area contributed by atoms with E-state index < -0.39 is 23.9 Å². The molecule has 0 aromatic heterocycles.